The second-order valence-electron chi connectivity index (χ2n) is 10.4. The summed E-state index contributed by atoms with van der Waals surface area (Å²) in [7, 11) is -4.01. The van der Waals surface area contributed by atoms with E-state index in [4.69, 9.17) is 46.4 Å². The number of anilines is 4. The van der Waals surface area contributed by atoms with Crippen molar-refractivity contribution in [1.29, 1.82) is 0 Å². The van der Waals surface area contributed by atoms with Gasteiger partial charge in [0, 0.05) is 26.2 Å². The molecule has 1 N–H and O–H groups in total. The number of fused-ring (bicyclic) bond motifs is 2. The van der Waals surface area contributed by atoms with E-state index in [-0.39, 0.29) is 11.9 Å². The largest absolute Gasteiger partial charge is 0.346 e. The Kier molecular flexibility index (Phi) is 11.3. The Labute approximate surface area is 270 Å². The second-order valence-corrected chi connectivity index (χ2v) is 13.6. The van der Waals surface area contributed by atoms with Crippen LogP contribution in [0.4, 0.5) is 22.7 Å². The molecule has 2 heterocycles. The molecule has 4 rings (SSSR count). The van der Waals surface area contributed by atoms with Gasteiger partial charge in [-0.05, 0) is 69.5 Å². The third kappa shape index (κ3) is 7.28. The smallest absolute Gasteiger partial charge is 0.264 e. The van der Waals surface area contributed by atoms with Gasteiger partial charge in [-0.3, -0.25) is 4.55 Å². The number of hydrogen-bond acceptors (Lipinski definition) is 6. The molecule has 0 aliphatic carbocycles. The van der Waals surface area contributed by atoms with Gasteiger partial charge < -0.3 is 19.6 Å². The van der Waals surface area contributed by atoms with Gasteiger partial charge in [0.05, 0.1) is 48.6 Å². The Morgan fingerprint density at radius 3 is 1.83 bits per heavy atom. The number of hydrogen-bond donors (Lipinski definition) is 1. The van der Waals surface area contributed by atoms with E-state index in [1.807, 2.05) is 24.3 Å². The number of nitrogens with zero attached hydrogens (tertiary/aromatic N) is 4. The lowest BCUT2D eigenvalue weighted by atomic mass is 10.2. The van der Waals surface area contributed by atoms with Gasteiger partial charge in [0.25, 0.3) is 10.1 Å². The van der Waals surface area contributed by atoms with Crippen LogP contribution in [0.5, 0.6) is 0 Å². The summed E-state index contributed by atoms with van der Waals surface area (Å²) in [6.07, 6.45) is 10.6. The molecule has 2 aromatic rings. The summed E-state index contributed by atoms with van der Waals surface area (Å²) in [5.41, 5.74) is 4.00. The molecule has 42 heavy (non-hydrogen) atoms. The van der Waals surface area contributed by atoms with Gasteiger partial charge in [0.15, 0.2) is 0 Å². The molecule has 0 bridgehead atoms. The molecule has 0 spiro atoms. The first-order valence-corrected chi connectivity index (χ1v) is 17.5. The highest BCUT2D eigenvalue weighted by Crippen LogP contribution is 2.47. The van der Waals surface area contributed by atoms with Crippen LogP contribution in [0.1, 0.15) is 52.9 Å². The molecule has 1 atom stereocenters. The van der Waals surface area contributed by atoms with Crippen molar-refractivity contribution in [3.05, 3.63) is 68.4 Å². The lowest BCUT2D eigenvalue weighted by Crippen LogP contribution is -2.42. The Balaban J connectivity index is 1.68. The molecule has 0 saturated heterocycles. The van der Waals surface area contributed by atoms with Crippen molar-refractivity contribution in [3.8, 4) is 0 Å². The van der Waals surface area contributed by atoms with Gasteiger partial charge in [0.1, 0.15) is 12.0 Å². The predicted octanol–water partition coefficient (Wildman–Crippen LogP) is 8.87. The molecule has 0 fully saturated rings. The monoisotopic (exact) mass is 674 g/mol. The van der Waals surface area contributed by atoms with Crippen LogP contribution in [-0.2, 0) is 10.1 Å². The average Bonchev–Trinajstić information content (AvgIpc) is 3.37. The summed E-state index contributed by atoms with van der Waals surface area (Å²) in [5.74, 6) is 0.666. The number of unbranched alkanes of at least 4 members (excludes halogenated alkanes) is 3. The summed E-state index contributed by atoms with van der Waals surface area (Å²) >= 11 is 25.7. The molecule has 0 aromatic heterocycles. The third-order valence-electron chi connectivity index (χ3n) is 7.65. The van der Waals surface area contributed by atoms with Crippen LogP contribution >= 0.6 is 46.4 Å². The molecule has 0 radical (unpaired) electrons. The average molecular weight is 677 g/mol. The van der Waals surface area contributed by atoms with Gasteiger partial charge in [-0.2, -0.15) is 8.42 Å². The maximum atomic E-state index is 11.3. The van der Waals surface area contributed by atoms with Crippen LogP contribution in [0.25, 0.3) is 0 Å². The summed E-state index contributed by atoms with van der Waals surface area (Å²) in [5, 5.41) is 2.01. The van der Waals surface area contributed by atoms with Gasteiger partial charge in [-0.25, -0.2) is 0 Å². The Morgan fingerprint density at radius 2 is 1.29 bits per heavy atom. The normalized spacial score (nSPS) is 17.7. The Hall–Kier alpha value is -1.81. The molecule has 12 heteroatoms. The summed E-state index contributed by atoms with van der Waals surface area (Å²) in [4.78, 5) is 9.02. The van der Waals surface area contributed by atoms with Crippen LogP contribution in [0.2, 0.25) is 20.1 Å². The molecule has 2 aromatic carbocycles. The minimum absolute atomic E-state index is 0.0146. The van der Waals surface area contributed by atoms with Crippen molar-refractivity contribution in [3.63, 3.8) is 0 Å². The van der Waals surface area contributed by atoms with Gasteiger partial charge in [-0.15, -0.1) is 0 Å². The topological polar surface area (TPSA) is 67.3 Å². The maximum Gasteiger partial charge on any atom is 0.264 e. The lowest BCUT2D eigenvalue weighted by Gasteiger charge is -2.30. The van der Waals surface area contributed by atoms with Crippen molar-refractivity contribution < 1.29 is 13.0 Å². The van der Waals surface area contributed by atoms with E-state index in [0.717, 1.165) is 60.9 Å². The van der Waals surface area contributed by atoms with Crippen LogP contribution in [0.3, 0.4) is 0 Å². The molecule has 2 aliphatic rings. The zero-order chi connectivity index (χ0) is 30.6. The number of likely N-dealkylation sites (N-methyl/N-ethyl adjacent to an activating group) is 1. The van der Waals surface area contributed by atoms with Crippen LogP contribution < -0.4 is 19.6 Å². The maximum absolute atomic E-state index is 11.3. The lowest BCUT2D eigenvalue weighted by molar-refractivity contribution is 0.480. The third-order valence-corrected chi connectivity index (χ3v) is 9.90. The van der Waals surface area contributed by atoms with E-state index in [1.165, 1.54) is 0 Å². The Bertz CT molecular complexity index is 1450. The highest BCUT2D eigenvalue weighted by molar-refractivity contribution is 7.85. The first-order chi connectivity index (χ1) is 20.0. The minimum atomic E-state index is -4.01. The number of allylic oxidation sites excluding steroid dienone is 2. The van der Waals surface area contributed by atoms with E-state index in [2.05, 4.69) is 58.6 Å². The van der Waals surface area contributed by atoms with Crippen molar-refractivity contribution in [2.75, 3.05) is 51.5 Å². The molecule has 7 nitrogen and oxygen atoms in total. The van der Waals surface area contributed by atoms with Gasteiger partial charge >= 0.3 is 0 Å². The Morgan fingerprint density at radius 1 is 0.738 bits per heavy atom. The number of halogens is 4. The quantitative estimate of drug-likeness (QED) is 0.168. The fourth-order valence-corrected chi connectivity index (χ4v) is 6.88. The molecular formula is C30H38Cl4N4O3S. The SMILES string of the molecule is CCCCCN1c2cc(Cl)c(Cl)cc2N(CC)C1/C=C/C=C1/N(CC)c2cc(Cl)c(Cl)cc2N1CCCCS(=O)(=O)O. The second kappa shape index (κ2) is 14.3. The molecule has 2 aliphatic heterocycles. The molecular weight excluding hydrogens is 638 g/mol. The van der Waals surface area contributed by atoms with Crippen molar-refractivity contribution >= 4 is 79.3 Å². The van der Waals surface area contributed by atoms with E-state index in [1.54, 1.807) is 0 Å². The van der Waals surface area contributed by atoms with Crippen LogP contribution in [0, 0.1) is 0 Å². The predicted molar refractivity (Wildman–Crippen MR) is 180 cm³/mol. The van der Waals surface area contributed by atoms with E-state index < -0.39 is 10.1 Å². The number of rotatable bonds is 13. The van der Waals surface area contributed by atoms with Gasteiger partial charge in [-0.1, -0.05) is 72.2 Å². The summed E-state index contributed by atoms with van der Waals surface area (Å²) in [6, 6.07) is 7.64. The van der Waals surface area contributed by atoms with Crippen LogP contribution in [0.15, 0.2) is 48.3 Å². The fourth-order valence-electron chi connectivity index (χ4n) is 5.68. The zero-order valence-electron chi connectivity index (χ0n) is 24.2. The molecule has 0 saturated carbocycles. The van der Waals surface area contributed by atoms with Crippen LogP contribution in [-0.4, -0.2) is 51.1 Å². The van der Waals surface area contributed by atoms with Crippen molar-refractivity contribution in [2.45, 2.75) is 59.0 Å². The van der Waals surface area contributed by atoms with E-state index in [9.17, 15) is 13.0 Å². The molecule has 230 valence electrons. The standard InChI is InChI=1S/C30H38Cl4N4O3S/c1-4-7-8-14-37-27-19-23(33)21(31)17-25(27)35(5-2)29(37)12-11-13-30-36(6-3)26-18-22(32)24(34)20-28(26)38(30)15-9-10-16-42(39,40)41/h11-13,17-20,29H,4-10,14-16H2,1-3H3,(H,39,40,41)/b12-11+,30-13-. The molecule has 1 unspecified atom stereocenters. The van der Waals surface area contributed by atoms with E-state index in [0.29, 0.717) is 46.0 Å². The first-order valence-electron chi connectivity index (χ1n) is 14.4. The van der Waals surface area contributed by atoms with E-state index >= 15 is 0 Å². The zero-order valence-corrected chi connectivity index (χ0v) is 28.0. The van der Waals surface area contributed by atoms with Crippen molar-refractivity contribution in [1.82, 2.24) is 0 Å². The highest BCUT2D eigenvalue weighted by atomic mass is 35.5. The first kappa shape index (κ1) is 33.1. The highest BCUT2D eigenvalue weighted by Gasteiger charge is 2.34. The minimum Gasteiger partial charge on any atom is -0.346 e. The van der Waals surface area contributed by atoms with Crippen molar-refractivity contribution in [2.24, 2.45) is 0 Å². The fraction of sp³-hybridized carbons (Fsp3) is 0.467. The molecule has 0 amide bonds. The summed E-state index contributed by atoms with van der Waals surface area (Å²) in [6.45, 7) is 9.34. The number of benzene rings is 2. The van der Waals surface area contributed by atoms with Gasteiger partial charge in [0.2, 0.25) is 0 Å². The summed E-state index contributed by atoms with van der Waals surface area (Å²) < 4.78 is 31.7.